The monoisotopic (exact) mass is 242 g/mol. The smallest absolute Gasteiger partial charge is 0.233 e. The van der Waals surface area contributed by atoms with Crippen LogP contribution < -0.4 is 4.74 Å². The molecule has 2 heterocycles. The Kier molecular flexibility index (Phi) is 3.61. The zero-order valence-corrected chi connectivity index (χ0v) is 10.1. The fourth-order valence-electron chi connectivity index (χ4n) is 1.98. The molecule has 5 heteroatoms. The molecule has 88 valence electrons. The van der Waals surface area contributed by atoms with E-state index in [1.165, 1.54) is 0 Å². The first-order valence-electron chi connectivity index (χ1n) is 5.45. The van der Waals surface area contributed by atoms with Crippen LogP contribution in [0.25, 0.3) is 0 Å². The lowest BCUT2D eigenvalue weighted by atomic mass is 10.0. The number of aromatic nitrogens is 2. The number of rotatable bonds is 2. The normalized spacial score (nSPS) is 30.1. The number of hydrogen-bond donors (Lipinski definition) is 0. The molecule has 16 heavy (non-hydrogen) atoms. The molecule has 0 N–H and O–H groups in total. The Labute approximate surface area is 99.9 Å². The van der Waals surface area contributed by atoms with Gasteiger partial charge in [0, 0.05) is 18.9 Å². The van der Waals surface area contributed by atoms with Crippen molar-refractivity contribution in [1.82, 2.24) is 10.2 Å². The van der Waals surface area contributed by atoms with E-state index in [9.17, 15) is 0 Å². The number of hydrogen-bond acceptors (Lipinski definition) is 4. The van der Waals surface area contributed by atoms with Crippen molar-refractivity contribution in [1.29, 1.82) is 0 Å². The average molecular weight is 243 g/mol. The Hall–Kier alpha value is -0.870. The van der Waals surface area contributed by atoms with Crippen LogP contribution in [-0.4, -0.2) is 28.5 Å². The van der Waals surface area contributed by atoms with Gasteiger partial charge >= 0.3 is 0 Å². The molecule has 0 bridgehead atoms. The van der Waals surface area contributed by atoms with Crippen LogP contribution in [0.3, 0.4) is 0 Å². The van der Waals surface area contributed by atoms with Crippen LogP contribution in [0.15, 0.2) is 12.1 Å². The lowest BCUT2D eigenvalue weighted by Gasteiger charge is -2.31. The average Bonchev–Trinajstić information content (AvgIpc) is 2.20. The summed E-state index contributed by atoms with van der Waals surface area (Å²) in [6.45, 7) is 4.11. The van der Waals surface area contributed by atoms with Crippen molar-refractivity contribution in [3.8, 4) is 5.88 Å². The summed E-state index contributed by atoms with van der Waals surface area (Å²) in [6.07, 6.45) is 2.38. The molecular formula is C11H15ClN2O2. The van der Waals surface area contributed by atoms with E-state index in [0.29, 0.717) is 11.0 Å². The van der Waals surface area contributed by atoms with Crippen LogP contribution >= 0.6 is 11.6 Å². The zero-order chi connectivity index (χ0) is 11.5. The molecule has 0 amide bonds. The van der Waals surface area contributed by atoms with Crippen molar-refractivity contribution >= 4 is 11.6 Å². The van der Waals surface area contributed by atoms with Crippen molar-refractivity contribution in [3.05, 3.63) is 17.3 Å². The van der Waals surface area contributed by atoms with E-state index in [2.05, 4.69) is 24.0 Å². The van der Waals surface area contributed by atoms with Crippen molar-refractivity contribution in [2.24, 2.45) is 0 Å². The van der Waals surface area contributed by atoms with Crippen molar-refractivity contribution in [3.63, 3.8) is 0 Å². The highest BCUT2D eigenvalue weighted by atomic mass is 35.5. The van der Waals surface area contributed by atoms with Crippen molar-refractivity contribution in [2.45, 2.75) is 45.0 Å². The van der Waals surface area contributed by atoms with Crippen molar-refractivity contribution in [2.75, 3.05) is 0 Å². The molecule has 0 spiro atoms. The highest BCUT2D eigenvalue weighted by Crippen LogP contribution is 2.23. The van der Waals surface area contributed by atoms with E-state index in [4.69, 9.17) is 21.1 Å². The Balaban J connectivity index is 1.96. The van der Waals surface area contributed by atoms with Crippen LogP contribution in [0.1, 0.15) is 26.7 Å². The Morgan fingerprint density at radius 2 is 1.94 bits per heavy atom. The second kappa shape index (κ2) is 4.97. The maximum Gasteiger partial charge on any atom is 0.233 e. The molecule has 1 fully saturated rings. The van der Waals surface area contributed by atoms with Gasteiger partial charge in [-0.3, -0.25) is 0 Å². The van der Waals surface area contributed by atoms with Gasteiger partial charge in [0.05, 0.1) is 12.2 Å². The molecule has 0 aromatic carbocycles. The van der Waals surface area contributed by atoms with Crippen LogP contribution in [0, 0.1) is 0 Å². The molecule has 1 aromatic rings. The van der Waals surface area contributed by atoms with Gasteiger partial charge in [-0.1, -0.05) is 11.6 Å². The van der Waals surface area contributed by atoms with Crippen LogP contribution in [-0.2, 0) is 4.74 Å². The lowest BCUT2D eigenvalue weighted by molar-refractivity contribution is -0.0731. The van der Waals surface area contributed by atoms with E-state index < -0.39 is 0 Å². The predicted octanol–water partition coefficient (Wildman–Crippen LogP) is 2.46. The first kappa shape index (κ1) is 11.6. The number of ether oxygens (including phenoxy) is 2. The third-order valence-electron chi connectivity index (χ3n) is 2.55. The molecule has 2 unspecified atom stereocenters. The predicted molar refractivity (Wildman–Crippen MR) is 60.7 cm³/mol. The molecule has 0 radical (unpaired) electrons. The van der Waals surface area contributed by atoms with Crippen LogP contribution in [0.4, 0.5) is 0 Å². The Bertz CT molecular complexity index is 334. The molecule has 4 nitrogen and oxygen atoms in total. The van der Waals surface area contributed by atoms with E-state index in [0.717, 1.165) is 12.8 Å². The summed E-state index contributed by atoms with van der Waals surface area (Å²) in [7, 11) is 0. The van der Waals surface area contributed by atoms with E-state index >= 15 is 0 Å². The van der Waals surface area contributed by atoms with E-state index in [-0.39, 0.29) is 18.3 Å². The maximum absolute atomic E-state index is 5.74. The molecule has 1 aliphatic rings. The summed E-state index contributed by atoms with van der Waals surface area (Å²) >= 11 is 5.65. The van der Waals surface area contributed by atoms with Gasteiger partial charge in [0.25, 0.3) is 0 Å². The zero-order valence-electron chi connectivity index (χ0n) is 9.39. The summed E-state index contributed by atoms with van der Waals surface area (Å²) in [6, 6.07) is 3.41. The summed E-state index contributed by atoms with van der Waals surface area (Å²) < 4.78 is 11.4. The second-order valence-electron chi connectivity index (χ2n) is 4.16. The molecule has 0 saturated carbocycles. The Morgan fingerprint density at radius 1 is 1.25 bits per heavy atom. The first-order chi connectivity index (χ1) is 7.63. The fraction of sp³-hybridized carbons (Fsp3) is 0.636. The Morgan fingerprint density at radius 3 is 2.50 bits per heavy atom. The summed E-state index contributed by atoms with van der Waals surface area (Å²) in [5, 5.41) is 8.00. The third kappa shape index (κ3) is 3.06. The van der Waals surface area contributed by atoms with Crippen LogP contribution in [0.2, 0.25) is 5.15 Å². The highest BCUT2D eigenvalue weighted by molar-refractivity contribution is 6.29. The van der Waals surface area contributed by atoms with Gasteiger partial charge in [-0.15, -0.1) is 10.2 Å². The minimum atomic E-state index is 0.147. The minimum Gasteiger partial charge on any atom is -0.473 e. The molecule has 1 aromatic heterocycles. The molecule has 1 saturated heterocycles. The summed E-state index contributed by atoms with van der Waals surface area (Å²) in [5.74, 6) is 0.524. The molecule has 2 atom stereocenters. The van der Waals surface area contributed by atoms with Crippen molar-refractivity contribution < 1.29 is 9.47 Å². The summed E-state index contributed by atoms with van der Waals surface area (Å²) in [5.41, 5.74) is 0. The second-order valence-corrected chi connectivity index (χ2v) is 4.55. The first-order valence-corrected chi connectivity index (χ1v) is 5.82. The molecule has 2 rings (SSSR count). The molecule has 0 aliphatic carbocycles. The van der Waals surface area contributed by atoms with Gasteiger partial charge in [0.1, 0.15) is 6.10 Å². The van der Waals surface area contributed by atoms with Crippen LogP contribution in [0.5, 0.6) is 5.88 Å². The van der Waals surface area contributed by atoms with Gasteiger partial charge in [-0.05, 0) is 19.9 Å². The minimum absolute atomic E-state index is 0.147. The maximum atomic E-state index is 5.74. The van der Waals surface area contributed by atoms with Gasteiger partial charge in [0.2, 0.25) is 5.88 Å². The molecular weight excluding hydrogens is 228 g/mol. The fourth-order valence-corrected chi connectivity index (χ4v) is 2.08. The number of nitrogens with zero attached hydrogens (tertiary/aromatic N) is 2. The topological polar surface area (TPSA) is 44.2 Å². The lowest BCUT2D eigenvalue weighted by Crippen LogP contribution is -2.35. The van der Waals surface area contributed by atoms with Gasteiger partial charge in [0.15, 0.2) is 5.15 Å². The van der Waals surface area contributed by atoms with E-state index in [1.54, 1.807) is 12.1 Å². The third-order valence-corrected chi connectivity index (χ3v) is 2.75. The quantitative estimate of drug-likeness (QED) is 0.799. The summed E-state index contributed by atoms with van der Waals surface area (Å²) in [4.78, 5) is 0. The van der Waals surface area contributed by atoms with Gasteiger partial charge in [-0.2, -0.15) is 0 Å². The van der Waals surface area contributed by atoms with E-state index in [1.807, 2.05) is 0 Å². The molecule has 1 aliphatic heterocycles. The highest BCUT2D eigenvalue weighted by Gasteiger charge is 2.26. The largest absolute Gasteiger partial charge is 0.473 e. The standard InChI is InChI=1S/C11H15ClN2O2/c1-7-5-9(6-8(2)15-7)16-11-4-3-10(12)13-14-11/h3-4,7-9H,5-6H2,1-2H3. The SMILES string of the molecule is CC1CC(Oc2ccc(Cl)nn2)CC(C)O1. The van der Waals surface area contributed by atoms with Gasteiger partial charge < -0.3 is 9.47 Å². The number of halogens is 1. The van der Waals surface area contributed by atoms with Gasteiger partial charge in [-0.25, -0.2) is 0 Å².